The highest BCUT2D eigenvalue weighted by Crippen LogP contribution is 2.12. The fourth-order valence-corrected chi connectivity index (χ4v) is 2.97. The van der Waals surface area contributed by atoms with Crippen LogP contribution < -0.4 is 4.72 Å². The van der Waals surface area contributed by atoms with Crippen molar-refractivity contribution in [2.45, 2.75) is 45.3 Å². The number of carboxylic acid groups (broad SMARTS) is 1. The van der Waals surface area contributed by atoms with Crippen LogP contribution in [0.25, 0.3) is 0 Å². The van der Waals surface area contributed by atoms with E-state index in [0.29, 0.717) is 12.4 Å². The fraction of sp³-hybridized carbons (Fsp3) is 0.636. The molecule has 0 aliphatic rings. The predicted octanol–water partition coefficient (Wildman–Crippen LogP) is 0.599. The summed E-state index contributed by atoms with van der Waals surface area (Å²) in [7, 11) is -3.92. The van der Waals surface area contributed by atoms with Gasteiger partial charge >= 0.3 is 5.97 Å². The van der Waals surface area contributed by atoms with Crippen LogP contribution in [0.4, 0.5) is 0 Å². The Morgan fingerprint density at radius 3 is 2.47 bits per heavy atom. The number of imidazole rings is 1. The lowest BCUT2D eigenvalue weighted by Gasteiger charge is -2.16. The van der Waals surface area contributed by atoms with Crippen molar-refractivity contribution in [1.29, 1.82) is 0 Å². The van der Waals surface area contributed by atoms with Crippen LogP contribution in [-0.2, 0) is 21.4 Å². The molecule has 1 rings (SSSR count). The number of hydrogen-bond donors (Lipinski definition) is 2. The Balaban J connectivity index is 3.06. The number of hydrogen-bond acceptors (Lipinski definition) is 4. The van der Waals surface area contributed by atoms with E-state index in [0.717, 1.165) is 0 Å². The summed E-state index contributed by atoms with van der Waals surface area (Å²) in [4.78, 5) is 15.0. The van der Waals surface area contributed by atoms with Crippen molar-refractivity contribution in [1.82, 2.24) is 14.3 Å². The smallest absolute Gasteiger partial charge is 0.322 e. The van der Waals surface area contributed by atoms with Gasteiger partial charge in [0.2, 0.25) is 0 Å². The summed E-state index contributed by atoms with van der Waals surface area (Å²) in [6.07, 6.45) is 1.40. The molecule has 0 aliphatic carbocycles. The van der Waals surface area contributed by atoms with Crippen molar-refractivity contribution in [3.05, 3.63) is 12.0 Å². The van der Waals surface area contributed by atoms with Gasteiger partial charge in [-0.25, -0.2) is 13.4 Å². The van der Waals surface area contributed by atoms with E-state index in [9.17, 15) is 13.2 Å². The number of carboxylic acids is 1. The zero-order valence-corrected chi connectivity index (χ0v) is 12.2. The number of sulfonamides is 1. The minimum absolute atomic E-state index is 0.154. The Bertz CT molecular complexity index is 562. The Morgan fingerprint density at radius 2 is 2.11 bits per heavy atom. The number of aliphatic carboxylic acids is 1. The molecule has 0 bridgehead atoms. The summed E-state index contributed by atoms with van der Waals surface area (Å²) < 4.78 is 28.0. The van der Waals surface area contributed by atoms with E-state index in [4.69, 9.17) is 5.11 Å². The first kappa shape index (κ1) is 15.6. The van der Waals surface area contributed by atoms with E-state index >= 15 is 0 Å². The normalized spacial score (nSPS) is 13.7. The van der Waals surface area contributed by atoms with Crippen molar-refractivity contribution >= 4 is 16.0 Å². The van der Waals surface area contributed by atoms with Crippen LogP contribution in [-0.4, -0.2) is 35.1 Å². The third-order valence-corrected chi connectivity index (χ3v) is 4.10. The van der Waals surface area contributed by atoms with Gasteiger partial charge in [0.25, 0.3) is 10.0 Å². The zero-order valence-electron chi connectivity index (χ0n) is 11.4. The van der Waals surface area contributed by atoms with E-state index in [1.807, 2.05) is 6.92 Å². The molecule has 0 fully saturated rings. The average Bonchev–Trinajstić information content (AvgIpc) is 2.67. The van der Waals surface area contributed by atoms with Gasteiger partial charge in [-0.2, -0.15) is 4.72 Å². The van der Waals surface area contributed by atoms with Gasteiger partial charge in [0.15, 0.2) is 5.03 Å². The van der Waals surface area contributed by atoms with Crippen molar-refractivity contribution < 1.29 is 18.3 Å². The molecule has 0 aromatic carbocycles. The zero-order chi connectivity index (χ0) is 14.8. The third kappa shape index (κ3) is 3.54. The van der Waals surface area contributed by atoms with E-state index < -0.39 is 22.0 Å². The molecule has 0 spiro atoms. The van der Waals surface area contributed by atoms with E-state index in [1.54, 1.807) is 25.3 Å². The highest BCUT2D eigenvalue weighted by atomic mass is 32.2. The first-order valence-corrected chi connectivity index (χ1v) is 7.46. The molecule has 1 aromatic rings. The van der Waals surface area contributed by atoms with Crippen molar-refractivity contribution in [3.8, 4) is 0 Å². The van der Waals surface area contributed by atoms with Gasteiger partial charge in [-0.3, -0.25) is 4.79 Å². The Hall–Kier alpha value is -1.41. The molecular formula is C11H19N3O4S. The lowest BCUT2D eigenvalue weighted by atomic mass is 10.1. The minimum Gasteiger partial charge on any atom is -0.480 e. The number of nitrogens with one attached hydrogen (secondary N) is 1. The summed E-state index contributed by atoms with van der Waals surface area (Å²) in [6.45, 7) is 7.43. The molecule has 8 heteroatoms. The number of rotatable bonds is 6. The Morgan fingerprint density at radius 1 is 1.53 bits per heavy atom. The van der Waals surface area contributed by atoms with Gasteiger partial charge in [-0.15, -0.1) is 0 Å². The topological polar surface area (TPSA) is 101 Å². The van der Waals surface area contributed by atoms with Crippen LogP contribution in [0.15, 0.2) is 11.2 Å². The number of aryl methyl sites for hydroxylation is 2. The summed E-state index contributed by atoms with van der Waals surface area (Å²) in [5.74, 6) is -0.994. The molecule has 0 saturated heterocycles. The van der Waals surface area contributed by atoms with Gasteiger partial charge in [0.05, 0.1) is 0 Å². The molecule has 1 atom stereocenters. The predicted molar refractivity (Wildman–Crippen MR) is 69.2 cm³/mol. The van der Waals surface area contributed by atoms with Gasteiger partial charge in [0.1, 0.15) is 11.9 Å². The molecule has 108 valence electrons. The molecule has 0 radical (unpaired) electrons. The van der Waals surface area contributed by atoms with Crippen LogP contribution in [0.1, 0.15) is 26.6 Å². The molecular weight excluding hydrogens is 270 g/mol. The maximum atomic E-state index is 12.1. The van der Waals surface area contributed by atoms with Crippen molar-refractivity contribution in [3.63, 3.8) is 0 Å². The van der Waals surface area contributed by atoms with Gasteiger partial charge in [-0.1, -0.05) is 13.8 Å². The Kier molecular flexibility index (Phi) is 4.70. The van der Waals surface area contributed by atoms with E-state index in [2.05, 4.69) is 9.71 Å². The summed E-state index contributed by atoms with van der Waals surface area (Å²) in [6, 6.07) is -1.17. The summed E-state index contributed by atoms with van der Waals surface area (Å²) in [5, 5.41) is 8.85. The minimum atomic E-state index is -3.92. The highest BCUT2D eigenvalue weighted by Gasteiger charge is 2.29. The molecule has 1 heterocycles. The molecule has 2 N–H and O–H groups in total. The second-order valence-corrected chi connectivity index (χ2v) is 6.25. The second kappa shape index (κ2) is 5.70. The molecule has 0 saturated carbocycles. The van der Waals surface area contributed by atoms with Crippen molar-refractivity contribution in [2.75, 3.05) is 0 Å². The average molecular weight is 289 g/mol. The van der Waals surface area contributed by atoms with Gasteiger partial charge in [-0.05, 0) is 19.8 Å². The van der Waals surface area contributed by atoms with Crippen LogP contribution in [0.3, 0.4) is 0 Å². The van der Waals surface area contributed by atoms with Crippen molar-refractivity contribution in [2.24, 2.45) is 5.92 Å². The first-order chi connectivity index (χ1) is 8.69. The fourth-order valence-electron chi connectivity index (χ4n) is 1.63. The molecule has 0 amide bonds. The quantitative estimate of drug-likeness (QED) is 0.798. The summed E-state index contributed by atoms with van der Waals surface area (Å²) in [5.41, 5.74) is 0. The molecule has 1 aromatic heterocycles. The van der Waals surface area contributed by atoms with Crippen LogP contribution >= 0.6 is 0 Å². The van der Waals surface area contributed by atoms with Crippen LogP contribution in [0.2, 0.25) is 0 Å². The van der Waals surface area contributed by atoms with Gasteiger partial charge in [0, 0.05) is 12.7 Å². The van der Waals surface area contributed by atoms with Crippen LogP contribution in [0, 0.1) is 12.8 Å². The monoisotopic (exact) mass is 289 g/mol. The number of aromatic nitrogens is 2. The number of nitrogens with zero attached hydrogens (tertiary/aromatic N) is 2. The largest absolute Gasteiger partial charge is 0.480 e. The highest BCUT2D eigenvalue weighted by molar-refractivity contribution is 7.89. The summed E-state index contributed by atoms with van der Waals surface area (Å²) >= 11 is 0. The lowest BCUT2D eigenvalue weighted by Crippen LogP contribution is -2.44. The van der Waals surface area contributed by atoms with Crippen LogP contribution in [0.5, 0.6) is 0 Å². The van der Waals surface area contributed by atoms with Gasteiger partial charge < -0.3 is 9.67 Å². The molecule has 7 nitrogen and oxygen atoms in total. The van der Waals surface area contributed by atoms with E-state index in [1.165, 1.54) is 6.20 Å². The first-order valence-electron chi connectivity index (χ1n) is 5.98. The maximum absolute atomic E-state index is 12.1. The third-order valence-electron chi connectivity index (χ3n) is 2.78. The Labute approximate surface area is 112 Å². The maximum Gasteiger partial charge on any atom is 0.322 e. The standard InChI is InChI=1S/C11H19N3O4S/c1-5-14-6-9(12-8(14)4)19(17,18)13-10(7(2)3)11(15)16/h6-7,10,13H,5H2,1-4H3,(H,15,16)/t10-/m0/s1. The van der Waals surface area contributed by atoms with E-state index in [-0.39, 0.29) is 10.9 Å². The lowest BCUT2D eigenvalue weighted by molar-refractivity contribution is -0.140. The number of carbonyl (C=O) groups is 1. The SMILES string of the molecule is CCn1cc(S(=O)(=O)N[C@H](C(=O)O)C(C)C)nc1C. The molecule has 0 aliphatic heterocycles. The molecule has 19 heavy (non-hydrogen) atoms. The second-order valence-electron chi connectivity index (χ2n) is 4.59. The molecule has 0 unspecified atom stereocenters.